The van der Waals surface area contributed by atoms with Crippen molar-refractivity contribution < 1.29 is 14.3 Å². The number of carbonyl (C=O) groups excluding carboxylic acids is 1. The molecule has 0 saturated carbocycles. The van der Waals surface area contributed by atoms with Gasteiger partial charge in [-0.2, -0.15) is 0 Å². The van der Waals surface area contributed by atoms with Crippen LogP contribution in [-0.2, 0) is 11.2 Å². The highest BCUT2D eigenvalue weighted by molar-refractivity contribution is 6.30. The molecule has 22 heavy (non-hydrogen) atoms. The van der Waals surface area contributed by atoms with Crippen LogP contribution in [0.1, 0.15) is 5.56 Å². The average Bonchev–Trinajstić information content (AvgIpc) is 2.53. The number of amides is 1. The molecule has 1 N–H and O–H groups in total. The maximum absolute atomic E-state index is 12.4. The number of hydrogen-bond acceptors (Lipinski definition) is 3. The second-order valence-corrected chi connectivity index (χ2v) is 5.62. The first-order chi connectivity index (χ1) is 10.7. The molecule has 0 fully saturated rings. The number of nitrogens with one attached hydrogen (secondary N) is 1. The molecule has 2 aromatic carbocycles. The summed E-state index contributed by atoms with van der Waals surface area (Å²) in [5, 5.41) is 3.47. The van der Waals surface area contributed by atoms with Gasteiger partial charge in [0.25, 0.3) is 0 Å². The van der Waals surface area contributed by atoms with Crippen LogP contribution in [0.2, 0.25) is 5.02 Å². The van der Waals surface area contributed by atoms with Crippen molar-refractivity contribution in [2.45, 2.75) is 6.42 Å². The zero-order chi connectivity index (χ0) is 15.5. The molecule has 0 bridgehead atoms. The van der Waals surface area contributed by atoms with Crippen molar-refractivity contribution in [2.75, 3.05) is 19.0 Å². The van der Waals surface area contributed by atoms with E-state index in [4.69, 9.17) is 21.1 Å². The van der Waals surface area contributed by atoms with Gasteiger partial charge in [0, 0.05) is 10.7 Å². The van der Waals surface area contributed by atoms with Crippen molar-refractivity contribution >= 4 is 23.2 Å². The van der Waals surface area contributed by atoms with Gasteiger partial charge in [0.15, 0.2) is 0 Å². The van der Waals surface area contributed by atoms with Crippen molar-refractivity contribution in [3.63, 3.8) is 0 Å². The third kappa shape index (κ3) is 3.17. The van der Waals surface area contributed by atoms with E-state index >= 15 is 0 Å². The highest BCUT2D eigenvalue weighted by Gasteiger charge is 2.26. The van der Waals surface area contributed by atoms with Gasteiger partial charge in [0.05, 0.1) is 13.0 Å². The van der Waals surface area contributed by atoms with Crippen LogP contribution >= 0.6 is 11.6 Å². The Morgan fingerprint density at radius 1 is 1.32 bits per heavy atom. The van der Waals surface area contributed by atoms with Crippen LogP contribution in [0.15, 0.2) is 42.5 Å². The highest BCUT2D eigenvalue weighted by atomic mass is 35.5. The van der Waals surface area contributed by atoms with E-state index in [-0.39, 0.29) is 11.8 Å². The number of benzene rings is 2. The summed E-state index contributed by atoms with van der Waals surface area (Å²) in [5.41, 5.74) is 1.67. The molecule has 0 aliphatic carbocycles. The first kappa shape index (κ1) is 14.7. The number of carbonyl (C=O) groups is 1. The Kier molecular flexibility index (Phi) is 4.20. The fraction of sp³-hybridized carbons (Fsp3) is 0.235. The number of fused-ring (bicyclic) bond motifs is 1. The molecule has 1 aliphatic heterocycles. The van der Waals surface area contributed by atoms with Gasteiger partial charge in [-0.25, -0.2) is 0 Å². The number of rotatable bonds is 3. The van der Waals surface area contributed by atoms with E-state index in [1.807, 2.05) is 24.3 Å². The van der Waals surface area contributed by atoms with Gasteiger partial charge < -0.3 is 14.8 Å². The lowest BCUT2D eigenvalue weighted by Gasteiger charge is -2.25. The number of anilines is 1. The van der Waals surface area contributed by atoms with Gasteiger partial charge in [0.1, 0.15) is 18.1 Å². The predicted octanol–water partition coefficient (Wildman–Crippen LogP) is 3.54. The van der Waals surface area contributed by atoms with Gasteiger partial charge in [-0.3, -0.25) is 4.79 Å². The molecule has 2 aromatic rings. The number of ether oxygens (including phenoxy) is 2. The lowest BCUT2D eigenvalue weighted by molar-refractivity contribution is -0.121. The second-order valence-electron chi connectivity index (χ2n) is 5.19. The summed E-state index contributed by atoms with van der Waals surface area (Å²) in [6.07, 6.45) is 0.624. The SMILES string of the molecule is COc1ccc2c(c1)C[C@@H](C(=O)Nc1cccc(Cl)c1)CO2. The van der Waals surface area contributed by atoms with Crippen LogP contribution in [-0.4, -0.2) is 19.6 Å². The summed E-state index contributed by atoms with van der Waals surface area (Å²) in [6, 6.07) is 12.7. The van der Waals surface area contributed by atoms with Crippen molar-refractivity contribution in [2.24, 2.45) is 5.92 Å². The lowest BCUT2D eigenvalue weighted by atomic mass is 9.95. The van der Waals surface area contributed by atoms with Crippen LogP contribution in [0.3, 0.4) is 0 Å². The van der Waals surface area contributed by atoms with E-state index in [0.29, 0.717) is 23.7 Å². The first-order valence-corrected chi connectivity index (χ1v) is 7.39. The van der Waals surface area contributed by atoms with Crippen molar-refractivity contribution in [1.82, 2.24) is 0 Å². The zero-order valence-corrected chi connectivity index (χ0v) is 12.9. The summed E-state index contributed by atoms with van der Waals surface area (Å²) >= 11 is 5.92. The molecule has 0 radical (unpaired) electrons. The summed E-state index contributed by atoms with van der Waals surface area (Å²) in [5.74, 6) is 1.26. The lowest BCUT2D eigenvalue weighted by Crippen LogP contribution is -2.32. The molecule has 0 unspecified atom stereocenters. The van der Waals surface area contributed by atoms with Crippen LogP contribution in [0.25, 0.3) is 0 Å². The molecule has 3 rings (SSSR count). The standard InChI is InChI=1S/C17H16ClNO3/c1-21-15-5-6-16-11(8-15)7-12(10-22-16)17(20)19-14-4-2-3-13(18)9-14/h2-6,8-9,12H,7,10H2,1H3,(H,19,20)/t12-/m1/s1. The molecule has 114 valence electrons. The largest absolute Gasteiger partial charge is 0.497 e. The first-order valence-electron chi connectivity index (χ1n) is 7.02. The van der Waals surface area contributed by atoms with Crippen molar-refractivity contribution in [3.8, 4) is 11.5 Å². The molecule has 5 heteroatoms. The van der Waals surface area contributed by atoms with E-state index in [0.717, 1.165) is 17.1 Å². The maximum Gasteiger partial charge on any atom is 0.231 e. The van der Waals surface area contributed by atoms with E-state index in [1.54, 1.807) is 25.3 Å². The van der Waals surface area contributed by atoms with E-state index in [1.165, 1.54) is 0 Å². The van der Waals surface area contributed by atoms with Crippen molar-refractivity contribution in [3.05, 3.63) is 53.1 Å². The molecule has 0 aromatic heterocycles. The third-order valence-corrected chi connectivity index (χ3v) is 3.87. The van der Waals surface area contributed by atoms with Crippen LogP contribution in [0.4, 0.5) is 5.69 Å². The Balaban J connectivity index is 1.72. The molecule has 1 aliphatic rings. The van der Waals surface area contributed by atoms with E-state index in [2.05, 4.69) is 5.32 Å². The molecule has 0 saturated heterocycles. The van der Waals surface area contributed by atoms with Crippen LogP contribution in [0.5, 0.6) is 11.5 Å². The average molecular weight is 318 g/mol. The molecule has 1 amide bonds. The Bertz CT molecular complexity index is 702. The topological polar surface area (TPSA) is 47.6 Å². The smallest absolute Gasteiger partial charge is 0.231 e. The monoisotopic (exact) mass is 317 g/mol. The minimum atomic E-state index is -0.237. The third-order valence-electron chi connectivity index (χ3n) is 3.64. The van der Waals surface area contributed by atoms with Gasteiger partial charge in [-0.1, -0.05) is 17.7 Å². The second kappa shape index (κ2) is 6.28. The Morgan fingerprint density at radius 3 is 2.95 bits per heavy atom. The maximum atomic E-state index is 12.4. The molecule has 1 atom stereocenters. The number of methoxy groups -OCH3 is 1. The van der Waals surface area contributed by atoms with Gasteiger partial charge >= 0.3 is 0 Å². The van der Waals surface area contributed by atoms with Gasteiger partial charge in [0.2, 0.25) is 5.91 Å². The number of halogens is 1. The quantitative estimate of drug-likeness (QED) is 0.942. The molecular formula is C17H16ClNO3. The fourth-order valence-corrected chi connectivity index (χ4v) is 2.67. The van der Waals surface area contributed by atoms with Crippen LogP contribution in [0, 0.1) is 5.92 Å². The summed E-state index contributed by atoms with van der Waals surface area (Å²) in [6.45, 7) is 0.367. The highest BCUT2D eigenvalue weighted by Crippen LogP contribution is 2.31. The van der Waals surface area contributed by atoms with Gasteiger partial charge in [-0.15, -0.1) is 0 Å². The Hall–Kier alpha value is -2.20. The zero-order valence-electron chi connectivity index (χ0n) is 12.1. The summed E-state index contributed by atoms with van der Waals surface area (Å²) < 4.78 is 10.9. The molecular weight excluding hydrogens is 302 g/mol. The number of hydrogen-bond donors (Lipinski definition) is 1. The summed E-state index contributed by atoms with van der Waals surface area (Å²) in [7, 11) is 1.62. The fourth-order valence-electron chi connectivity index (χ4n) is 2.48. The normalized spacial score (nSPS) is 16.4. The minimum Gasteiger partial charge on any atom is -0.497 e. The summed E-state index contributed by atoms with van der Waals surface area (Å²) in [4.78, 5) is 12.4. The van der Waals surface area contributed by atoms with Crippen LogP contribution < -0.4 is 14.8 Å². The van der Waals surface area contributed by atoms with Gasteiger partial charge in [-0.05, 0) is 48.4 Å². The predicted molar refractivity (Wildman–Crippen MR) is 85.8 cm³/mol. The van der Waals surface area contributed by atoms with E-state index < -0.39 is 0 Å². The molecule has 4 nitrogen and oxygen atoms in total. The molecule has 0 spiro atoms. The Labute approximate surface area is 134 Å². The van der Waals surface area contributed by atoms with Crippen molar-refractivity contribution in [1.29, 1.82) is 0 Å². The molecule has 1 heterocycles. The minimum absolute atomic E-state index is 0.0734. The Morgan fingerprint density at radius 2 is 2.18 bits per heavy atom. The van der Waals surface area contributed by atoms with E-state index in [9.17, 15) is 4.79 Å².